The Hall–Kier alpha value is -2.88. The second-order valence-corrected chi connectivity index (χ2v) is 8.96. The number of aliphatic imine (C=N–C) groups is 1. The molecule has 2 amide bonds. The van der Waals surface area contributed by atoms with Crippen molar-refractivity contribution < 1.29 is 22.8 Å². The van der Waals surface area contributed by atoms with E-state index in [0.717, 1.165) is 57.0 Å². The molecule has 0 aromatic rings. The number of nitrogens with one attached hydrogen (secondary N) is 1. The van der Waals surface area contributed by atoms with E-state index in [2.05, 4.69) is 15.2 Å². The molecule has 0 radical (unpaired) electrons. The number of halogens is 3. The molecule has 2 unspecified atom stereocenters. The van der Waals surface area contributed by atoms with Crippen LogP contribution in [0.15, 0.2) is 52.8 Å². The van der Waals surface area contributed by atoms with Crippen molar-refractivity contribution in [2.24, 2.45) is 10.7 Å². The molecule has 3 N–H and O–H groups in total. The minimum Gasteiger partial charge on any atom is -0.402 e. The quantitative estimate of drug-likeness (QED) is 0.381. The van der Waals surface area contributed by atoms with Gasteiger partial charge in [0, 0.05) is 30.9 Å². The van der Waals surface area contributed by atoms with Crippen molar-refractivity contribution in [3.05, 3.63) is 47.9 Å². The number of allylic oxidation sites excluding steroid dienone is 7. The number of likely N-dealkylation sites (tertiary alicyclic amines) is 2. The summed E-state index contributed by atoms with van der Waals surface area (Å²) in [4.78, 5) is 32.9. The molecular weight excluding hydrogens is 459 g/mol. The molecule has 2 atom stereocenters. The van der Waals surface area contributed by atoms with E-state index >= 15 is 0 Å². The molecule has 2 saturated heterocycles. The van der Waals surface area contributed by atoms with E-state index in [1.165, 1.54) is 12.2 Å². The van der Waals surface area contributed by atoms with Crippen LogP contribution in [-0.2, 0) is 9.59 Å². The summed E-state index contributed by atoms with van der Waals surface area (Å²) in [5.41, 5.74) is 5.39. The molecule has 10 heteroatoms. The van der Waals surface area contributed by atoms with E-state index in [9.17, 15) is 22.8 Å². The zero-order valence-electron chi connectivity index (χ0n) is 20.1. The molecule has 0 bridgehead atoms. The average molecular weight is 494 g/mol. The maximum absolute atomic E-state index is 13.0. The van der Waals surface area contributed by atoms with E-state index < -0.39 is 17.8 Å². The molecule has 0 aromatic carbocycles. The standard InChI is InChI=1S/C25H34F3N5O2/c1-2-3-8-18(29)9-6-7-14-32-15-12-21-20(32)13-16-33(21)23(34)17-30-24(35)19-10-4-5-11-22(31-19)25(26,27)28/h2-3,5,8,10-11,20-21H,4,6-7,9,12-17,29H2,1H3,(H,30,35)/b3-2+,18-8-. The van der Waals surface area contributed by atoms with Gasteiger partial charge in [0.05, 0.1) is 6.54 Å². The van der Waals surface area contributed by atoms with Crippen molar-refractivity contribution in [2.75, 3.05) is 26.2 Å². The molecule has 0 saturated carbocycles. The van der Waals surface area contributed by atoms with E-state index in [-0.39, 0.29) is 30.6 Å². The Labute approximate surface area is 204 Å². The normalized spacial score (nSPS) is 23.3. The first-order valence-electron chi connectivity index (χ1n) is 12.1. The molecule has 3 aliphatic rings. The summed E-state index contributed by atoms with van der Waals surface area (Å²) in [5.74, 6) is -1.00. The number of carbonyl (C=O) groups is 2. The van der Waals surface area contributed by atoms with E-state index in [4.69, 9.17) is 5.73 Å². The number of nitrogens with two attached hydrogens (primary N) is 1. The smallest absolute Gasteiger partial charge is 0.402 e. The lowest BCUT2D eigenvalue weighted by molar-refractivity contribution is -0.132. The van der Waals surface area contributed by atoms with Crippen LogP contribution in [0.3, 0.4) is 0 Å². The highest BCUT2D eigenvalue weighted by Gasteiger charge is 2.43. The number of unbranched alkanes of at least 4 members (excludes halogenated alkanes) is 1. The van der Waals surface area contributed by atoms with Crippen LogP contribution in [0.4, 0.5) is 13.2 Å². The first-order valence-corrected chi connectivity index (χ1v) is 12.1. The molecule has 3 aliphatic heterocycles. The summed E-state index contributed by atoms with van der Waals surface area (Å²) in [5, 5.41) is 2.45. The molecule has 7 nitrogen and oxygen atoms in total. The van der Waals surface area contributed by atoms with Gasteiger partial charge in [-0.15, -0.1) is 0 Å². The minimum absolute atomic E-state index is 0.107. The van der Waals surface area contributed by atoms with Gasteiger partial charge < -0.3 is 16.0 Å². The van der Waals surface area contributed by atoms with Crippen LogP contribution in [-0.4, -0.2) is 71.8 Å². The lowest BCUT2D eigenvalue weighted by Crippen LogP contribution is -2.44. The van der Waals surface area contributed by atoms with Gasteiger partial charge in [0.25, 0.3) is 5.91 Å². The molecule has 2 fully saturated rings. The fraction of sp³-hybridized carbons (Fsp3) is 0.560. The van der Waals surface area contributed by atoms with Gasteiger partial charge in [-0.2, -0.15) is 13.2 Å². The van der Waals surface area contributed by atoms with Crippen molar-refractivity contribution in [3.8, 4) is 0 Å². The number of fused-ring (bicyclic) bond motifs is 1. The Morgan fingerprint density at radius 2 is 2.00 bits per heavy atom. The third kappa shape index (κ3) is 7.30. The number of carbonyl (C=O) groups excluding carboxylic acids is 2. The van der Waals surface area contributed by atoms with Crippen molar-refractivity contribution in [1.29, 1.82) is 0 Å². The summed E-state index contributed by atoms with van der Waals surface area (Å²) >= 11 is 0. The Kier molecular flexibility index (Phi) is 9.31. The van der Waals surface area contributed by atoms with E-state index in [0.29, 0.717) is 12.6 Å². The molecular formula is C25H34F3N5O2. The first-order chi connectivity index (χ1) is 16.7. The maximum Gasteiger partial charge on any atom is 0.433 e. The van der Waals surface area contributed by atoms with Gasteiger partial charge in [0.2, 0.25) is 5.91 Å². The second-order valence-electron chi connectivity index (χ2n) is 8.96. The molecule has 35 heavy (non-hydrogen) atoms. The molecule has 0 aliphatic carbocycles. The highest BCUT2D eigenvalue weighted by molar-refractivity contribution is 6.05. The fourth-order valence-electron chi connectivity index (χ4n) is 4.83. The third-order valence-corrected chi connectivity index (χ3v) is 6.56. The zero-order chi connectivity index (χ0) is 25.4. The lowest BCUT2D eigenvalue weighted by Gasteiger charge is -2.26. The number of rotatable bonds is 9. The molecule has 3 heterocycles. The van der Waals surface area contributed by atoms with Gasteiger partial charge >= 0.3 is 6.18 Å². The first kappa shape index (κ1) is 26.7. The summed E-state index contributed by atoms with van der Waals surface area (Å²) in [6, 6.07) is 0.412. The highest BCUT2D eigenvalue weighted by Crippen LogP contribution is 2.32. The van der Waals surface area contributed by atoms with Crippen molar-refractivity contribution in [1.82, 2.24) is 15.1 Å². The summed E-state index contributed by atoms with van der Waals surface area (Å²) in [6.07, 6.45) is 9.44. The lowest BCUT2D eigenvalue weighted by atomic mass is 10.1. The highest BCUT2D eigenvalue weighted by atomic mass is 19.4. The monoisotopic (exact) mass is 493 g/mol. The van der Waals surface area contributed by atoms with Gasteiger partial charge in [0.15, 0.2) is 0 Å². The van der Waals surface area contributed by atoms with Gasteiger partial charge in [-0.25, -0.2) is 4.99 Å². The predicted molar refractivity (Wildman–Crippen MR) is 129 cm³/mol. The predicted octanol–water partition coefficient (Wildman–Crippen LogP) is 3.21. The van der Waals surface area contributed by atoms with Crippen LogP contribution in [0.1, 0.15) is 45.4 Å². The van der Waals surface area contributed by atoms with Gasteiger partial charge in [-0.1, -0.05) is 18.2 Å². The van der Waals surface area contributed by atoms with Gasteiger partial charge in [-0.05, 0) is 70.2 Å². The Bertz CT molecular complexity index is 936. The summed E-state index contributed by atoms with van der Waals surface area (Å²) in [6.45, 7) is 4.18. The van der Waals surface area contributed by atoms with Crippen LogP contribution in [0.25, 0.3) is 0 Å². The van der Waals surface area contributed by atoms with Crippen LogP contribution in [0.5, 0.6) is 0 Å². The van der Waals surface area contributed by atoms with Crippen LogP contribution >= 0.6 is 0 Å². The van der Waals surface area contributed by atoms with Crippen LogP contribution < -0.4 is 11.1 Å². The average Bonchev–Trinajstić information content (AvgIpc) is 3.31. The van der Waals surface area contributed by atoms with E-state index in [1.54, 1.807) is 4.90 Å². The molecule has 192 valence electrons. The topological polar surface area (TPSA) is 91.0 Å². The van der Waals surface area contributed by atoms with Crippen molar-refractivity contribution in [2.45, 2.75) is 63.7 Å². The number of alkyl halides is 3. The van der Waals surface area contributed by atoms with Crippen molar-refractivity contribution in [3.63, 3.8) is 0 Å². The molecule has 0 aromatic heterocycles. The number of amides is 2. The molecule has 0 spiro atoms. The fourth-order valence-corrected chi connectivity index (χ4v) is 4.83. The summed E-state index contributed by atoms with van der Waals surface area (Å²) < 4.78 is 39.0. The largest absolute Gasteiger partial charge is 0.433 e. The Morgan fingerprint density at radius 3 is 2.74 bits per heavy atom. The van der Waals surface area contributed by atoms with Gasteiger partial charge in [0.1, 0.15) is 11.4 Å². The second kappa shape index (κ2) is 12.2. The van der Waals surface area contributed by atoms with Gasteiger partial charge in [-0.3, -0.25) is 14.5 Å². The Balaban J connectivity index is 1.45. The third-order valence-electron chi connectivity index (χ3n) is 6.56. The summed E-state index contributed by atoms with van der Waals surface area (Å²) in [7, 11) is 0. The molecule has 3 rings (SSSR count). The van der Waals surface area contributed by atoms with Crippen LogP contribution in [0, 0.1) is 0 Å². The minimum atomic E-state index is -4.65. The van der Waals surface area contributed by atoms with Crippen molar-refractivity contribution >= 4 is 17.5 Å². The SMILES string of the molecule is C/C=C/C=C(\N)CCCCN1CCC2C1CCN2C(=O)CNC(=O)C1=CCC=CC(C(F)(F)F)=N1. The number of hydrogen-bond donors (Lipinski definition) is 2. The maximum atomic E-state index is 13.0. The number of nitrogens with zero attached hydrogens (tertiary/aromatic N) is 3. The van der Waals surface area contributed by atoms with Crippen LogP contribution in [0.2, 0.25) is 0 Å². The Morgan fingerprint density at radius 1 is 1.23 bits per heavy atom. The number of hydrogen-bond acceptors (Lipinski definition) is 5. The van der Waals surface area contributed by atoms with E-state index in [1.807, 2.05) is 25.2 Å². The zero-order valence-corrected chi connectivity index (χ0v) is 20.1.